The molecule has 5 rings (SSSR count). The first-order valence-electron chi connectivity index (χ1n) is 11.8. The third-order valence-electron chi connectivity index (χ3n) is 6.18. The zero-order valence-corrected chi connectivity index (χ0v) is 19.6. The van der Waals surface area contributed by atoms with Gasteiger partial charge in [0.1, 0.15) is 12.4 Å². The van der Waals surface area contributed by atoms with Crippen LogP contribution in [0.15, 0.2) is 43.0 Å². The van der Waals surface area contributed by atoms with Gasteiger partial charge < -0.3 is 20.1 Å². The monoisotopic (exact) mass is 515 g/mol. The van der Waals surface area contributed by atoms with Crippen LogP contribution in [0.5, 0.6) is 6.01 Å². The molecule has 0 spiro atoms. The third-order valence-corrected chi connectivity index (χ3v) is 6.18. The minimum Gasteiger partial charge on any atom is -0.463 e. The lowest BCUT2D eigenvalue weighted by molar-refractivity contribution is -0.139. The Labute approximate surface area is 208 Å². The number of aliphatic hydroxyl groups excluding tert-OH is 1. The van der Waals surface area contributed by atoms with Gasteiger partial charge in [-0.25, -0.2) is 9.97 Å². The lowest BCUT2D eigenvalue weighted by atomic mass is 9.93. The van der Waals surface area contributed by atoms with E-state index in [-0.39, 0.29) is 24.1 Å². The average molecular weight is 515 g/mol. The summed E-state index contributed by atoms with van der Waals surface area (Å²) in [4.78, 5) is 28.2. The van der Waals surface area contributed by atoms with Crippen LogP contribution in [-0.2, 0) is 0 Å². The fraction of sp³-hybridized carbons (Fsp3) is 0.375. The summed E-state index contributed by atoms with van der Waals surface area (Å²) in [6.45, 7) is -0.574. The number of hydrogen-bond donors (Lipinski definition) is 3. The molecule has 4 heterocycles. The Hall–Kier alpha value is -4.00. The maximum Gasteiger partial charge on any atom is 0.392 e. The van der Waals surface area contributed by atoms with E-state index >= 15 is 0 Å². The molecule has 0 aromatic carbocycles. The van der Waals surface area contributed by atoms with E-state index < -0.39 is 19.2 Å². The van der Waals surface area contributed by atoms with Crippen LogP contribution >= 0.6 is 0 Å². The van der Waals surface area contributed by atoms with Crippen LogP contribution in [0.1, 0.15) is 48.5 Å². The second-order valence-electron chi connectivity index (χ2n) is 8.90. The normalized spacial score (nSPS) is 18.2. The minimum atomic E-state index is -4.32. The van der Waals surface area contributed by atoms with Gasteiger partial charge >= 0.3 is 12.2 Å². The van der Waals surface area contributed by atoms with Crippen molar-refractivity contribution in [2.75, 3.05) is 11.9 Å². The van der Waals surface area contributed by atoms with Crippen LogP contribution < -0.4 is 10.1 Å². The first-order chi connectivity index (χ1) is 17.7. The number of anilines is 1. The van der Waals surface area contributed by atoms with Gasteiger partial charge in [-0.3, -0.25) is 9.48 Å². The van der Waals surface area contributed by atoms with E-state index in [4.69, 9.17) is 4.74 Å². The number of halogens is 3. The molecule has 194 valence electrons. The van der Waals surface area contributed by atoms with Gasteiger partial charge in [-0.2, -0.15) is 23.3 Å². The highest BCUT2D eigenvalue weighted by atomic mass is 19.4. The second kappa shape index (κ2) is 10.2. The number of alkyl halides is 3. The van der Waals surface area contributed by atoms with Crippen molar-refractivity contribution in [2.45, 2.75) is 50.4 Å². The summed E-state index contributed by atoms with van der Waals surface area (Å²) in [6.07, 6.45) is 3.56. The molecule has 0 bridgehead atoms. The fourth-order valence-corrected chi connectivity index (χ4v) is 4.22. The zero-order chi connectivity index (χ0) is 26.0. The molecule has 4 aromatic rings. The quantitative estimate of drug-likeness (QED) is 0.335. The maximum atomic E-state index is 12.8. The summed E-state index contributed by atoms with van der Waals surface area (Å²) < 4.78 is 43.9. The molecule has 0 saturated heterocycles. The molecular formula is C24H24F3N7O3. The molecule has 1 aliphatic rings. The van der Waals surface area contributed by atoms with Gasteiger partial charge in [0, 0.05) is 30.0 Å². The number of rotatable bonds is 7. The number of hydrogen-bond acceptors (Lipinski definition) is 7. The number of aromatic amines is 1. The molecule has 37 heavy (non-hydrogen) atoms. The molecule has 10 nitrogen and oxygen atoms in total. The van der Waals surface area contributed by atoms with Gasteiger partial charge in [-0.15, -0.1) is 0 Å². The molecule has 1 saturated carbocycles. The van der Waals surface area contributed by atoms with Crippen molar-refractivity contribution in [2.24, 2.45) is 0 Å². The molecule has 0 unspecified atom stereocenters. The number of carbonyl (C=O) groups is 1. The van der Waals surface area contributed by atoms with Gasteiger partial charge in [0.05, 0.1) is 47.2 Å². The largest absolute Gasteiger partial charge is 0.463 e. The molecule has 4 aromatic heterocycles. The van der Waals surface area contributed by atoms with Crippen molar-refractivity contribution in [1.82, 2.24) is 29.7 Å². The molecule has 0 radical (unpaired) electrons. The van der Waals surface area contributed by atoms with Crippen LogP contribution in [0, 0.1) is 0 Å². The fourth-order valence-electron chi connectivity index (χ4n) is 4.22. The van der Waals surface area contributed by atoms with Gasteiger partial charge in [0.2, 0.25) is 0 Å². The number of ether oxygens (including phenoxy) is 1. The summed E-state index contributed by atoms with van der Waals surface area (Å²) >= 11 is 0. The van der Waals surface area contributed by atoms with E-state index in [1.807, 2.05) is 0 Å². The van der Waals surface area contributed by atoms with Crippen molar-refractivity contribution < 1.29 is 27.8 Å². The minimum absolute atomic E-state index is 0.156. The van der Waals surface area contributed by atoms with Crippen LogP contribution in [0.25, 0.3) is 22.3 Å². The number of nitrogens with zero attached hydrogens (tertiary/aromatic N) is 5. The van der Waals surface area contributed by atoms with Crippen LogP contribution in [0.4, 0.5) is 19.0 Å². The molecule has 0 aliphatic heterocycles. The van der Waals surface area contributed by atoms with Crippen molar-refractivity contribution in [3.05, 3.63) is 48.5 Å². The molecule has 13 heteroatoms. The smallest absolute Gasteiger partial charge is 0.392 e. The van der Waals surface area contributed by atoms with E-state index in [2.05, 4.69) is 30.4 Å². The van der Waals surface area contributed by atoms with E-state index in [9.17, 15) is 23.1 Å². The number of amides is 1. The summed E-state index contributed by atoms with van der Waals surface area (Å²) in [7, 11) is 0. The van der Waals surface area contributed by atoms with E-state index in [0.717, 1.165) is 31.1 Å². The van der Waals surface area contributed by atoms with E-state index in [1.54, 1.807) is 35.3 Å². The number of carbonyl (C=O) groups excluding carboxylic acids is 1. The molecular weight excluding hydrogens is 491 g/mol. The number of aliphatic hydroxyl groups is 1. The topological polar surface area (TPSA) is 131 Å². The summed E-state index contributed by atoms with van der Waals surface area (Å²) in [6, 6.07) is 5.06. The summed E-state index contributed by atoms with van der Waals surface area (Å²) in [5.41, 5.74) is 2.10. The van der Waals surface area contributed by atoms with Gasteiger partial charge in [0.15, 0.2) is 0 Å². The molecule has 1 fully saturated rings. The van der Waals surface area contributed by atoms with Crippen molar-refractivity contribution in [3.63, 3.8) is 0 Å². The van der Waals surface area contributed by atoms with Crippen molar-refractivity contribution in [1.29, 1.82) is 0 Å². The Morgan fingerprint density at radius 2 is 2.00 bits per heavy atom. The Morgan fingerprint density at radius 3 is 2.78 bits per heavy atom. The third kappa shape index (κ3) is 6.05. The predicted molar refractivity (Wildman–Crippen MR) is 127 cm³/mol. The Morgan fingerprint density at radius 1 is 1.19 bits per heavy atom. The van der Waals surface area contributed by atoms with Crippen LogP contribution in [0.3, 0.4) is 0 Å². The number of nitrogens with one attached hydrogen (secondary N) is 2. The first kappa shape index (κ1) is 24.7. The predicted octanol–water partition coefficient (Wildman–Crippen LogP) is 4.28. The van der Waals surface area contributed by atoms with Gasteiger partial charge in [0.25, 0.3) is 5.91 Å². The van der Waals surface area contributed by atoms with Crippen LogP contribution in [0.2, 0.25) is 0 Å². The zero-order valence-electron chi connectivity index (χ0n) is 19.6. The molecule has 3 N–H and O–H groups in total. The molecule has 0 atom stereocenters. The van der Waals surface area contributed by atoms with Gasteiger partial charge in [-0.05, 0) is 37.8 Å². The highest BCUT2D eigenvalue weighted by molar-refractivity contribution is 6.04. The number of fused-ring (bicyclic) bond motifs is 1. The van der Waals surface area contributed by atoms with Crippen molar-refractivity contribution >= 4 is 22.6 Å². The lowest BCUT2D eigenvalue weighted by Gasteiger charge is -2.25. The van der Waals surface area contributed by atoms with Crippen molar-refractivity contribution in [3.8, 4) is 17.4 Å². The molecule has 1 aliphatic carbocycles. The average Bonchev–Trinajstić information content (AvgIpc) is 3.52. The Bertz CT molecular complexity index is 1390. The number of pyridine rings is 1. The highest BCUT2D eigenvalue weighted by Gasteiger charge is 2.27. The Balaban J connectivity index is 1.26. The Kier molecular flexibility index (Phi) is 6.78. The summed E-state index contributed by atoms with van der Waals surface area (Å²) in [5.74, 6) is -0.0181. The number of H-pyrrole nitrogens is 1. The van der Waals surface area contributed by atoms with Gasteiger partial charge in [-0.1, -0.05) is 0 Å². The van der Waals surface area contributed by atoms with E-state index in [0.29, 0.717) is 28.3 Å². The van der Waals surface area contributed by atoms with E-state index in [1.165, 1.54) is 12.4 Å². The standard InChI is InChI=1S/C24H24F3N7O3/c25-24(26,27)6-8-37-23-28-7-5-18(32-23)20-9-14-11-29-21(10-19(14)31-20)33-22(36)15-12-30-34(13-15)16-1-3-17(35)4-2-16/h5,7,9-13,16-17,31,35H,1-4,6,8H2,(H,29,33,36). The highest BCUT2D eigenvalue weighted by Crippen LogP contribution is 2.28. The first-order valence-corrected chi connectivity index (χ1v) is 11.8. The maximum absolute atomic E-state index is 12.8. The SMILES string of the molecule is O=C(Nc1cc2[nH]c(-c3ccnc(OCCC(F)(F)F)n3)cc2cn1)c1cnn(C2CCC(O)CC2)c1. The lowest BCUT2D eigenvalue weighted by Crippen LogP contribution is -2.21. The molecule has 1 amide bonds. The second-order valence-corrected chi connectivity index (χ2v) is 8.90. The number of aromatic nitrogens is 6. The summed E-state index contributed by atoms with van der Waals surface area (Å²) in [5, 5.41) is 17.5. The van der Waals surface area contributed by atoms with Crippen LogP contribution in [-0.4, -0.2) is 59.6 Å².